The maximum absolute atomic E-state index is 5.88. The fourth-order valence-corrected chi connectivity index (χ4v) is 2.35. The van der Waals surface area contributed by atoms with E-state index in [0.29, 0.717) is 0 Å². The van der Waals surface area contributed by atoms with Crippen molar-refractivity contribution in [3.05, 3.63) is 23.5 Å². The van der Waals surface area contributed by atoms with E-state index in [1.54, 1.807) is 6.20 Å². The average molecular weight is 195 g/mol. The summed E-state index contributed by atoms with van der Waals surface area (Å²) in [6.07, 6.45) is 5.02. The van der Waals surface area contributed by atoms with Crippen molar-refractivity contribution in [2.24, 2.45) is 11.8 Å². The minimum Gasteiger partial charge on any atom is -0.370 e. The first-order chi connectivity index (χ1) is 6.33. The van der Waals surface area contributed by atoms with E-state index < -0.39 is 0 Å². The summed E-state index contributed by atoms with van der Waals surface area (Å²) in [5, 5.41) is 0.734. The number of nitrogens with zero attached hydrogens (tertiary/aromatic N) is 2. The summed E-state index contributed by atoms with van der Waals surface area (Å²) in [5.41, 5.74) is 1.18. The first kappa shape index (κ1) is 7.63. The highest BCUT2D eigenvalue weighted by atomic mass is 35.5. The van der Waals surface area contributed by atoms with Crippen molar-refractivity contribution in [2.75, 3.05) is 18.0 Å². The molecule has 2 nitrogen and oxygen atoms in total. The number of fused-ring (bicyclic) bond motifs is 1. The van der Waals surface area contributed by atoms with Gasteiger partial charge in [-0.1, -0.05) is 11.6 Å². The third-order valence-corrected chi connectivity index (χ3v) is 3.24. The SMILES string of the molecule is Clc1cncc(N2C[C@H]3C[C@H]3C2)c1. The predicted octanol–water partition coefficient (Wildman–Crippen LogP) is 2.19. The molecule has 68 valence electrons. The van der Waals surface area contributed by atoms with Crippen molar-refractivity contribution < 1.29 is 0 Å². The average Bonchev–Trinajstić information content (AvgIpc) is 2.74. The lowest BCUT2D eigenvalue weighted by Gasteiger charge is -2.19. The van der Waals surface area contributed by atoms with Crippen molar-refractivity contribution in [3.8, 4) is 0 Å². The predicted molar refractivity (Wildman–Crippen MR) is 53.1 cm³/mol. The summed E-state index contributed by atoms with van der Waals surface area (Å²) >= 11 is 5.88. The van der Waals surface area contributed by atoms with Crippen LogP contribution in [0.5, 0.6) is 0 Å². The molecule has 1 aromatic rings. The van der Waals surface area contributed by atoms with Crippen LogP contribution in [0.4, 0.5) is 5.69 Å². The summed E-state index contributed by atoms with van der Waals surface area (Å²) in [6.45, 7) is 2.40. The molecule has 1 saturated heterocycles. The largest absolute Gasteiger partial charge is 0.370 e. The van der Waals surface area contributed by atoms with E-state index in [1.807, 2.05) is 12.3 Å². The second-order valence-corrected chi connectivity index (χ2v) is 4.46. The number of anilines is 1. The number of hydrogen-bond acceptors (Lipinski definition) is 2. The molecule has 0 spiro atoms. The monoisotopic (exact) mass is 194 g/mol. The van der Waals surface area contributed by atoms with Gasteiger partial charge in [0.25, 0.3) is 0 Å². The molecular weight excluding hydrogens is 184 g/mol. The van der Waals surface area contributed by atoms with Gasteiger partial charge in [0.1, 0.15) is 0 Å². The molecule has 1 saturated carbocycles. The van der Waals surface area contributed by atoms with Crippen LogP contribution in [-0.4, -0.2) is 18.1 Å². The molecule has 0 aromatic carbocycles. The van der Waals surface area contributed by atoms with Gasteiger partial charge in [-0.2, -0.15) is 0 Å². The molecule has 0 radical (unpaired) electrons. The Morgan fingerprint density at radius 1 is 1.31 bits per heavy atom. The van der Waals surface area contributed by atoms with E-state index in [1.165, 1.54) is 25.2 Å². The fourth-order valence-electron chi connectivity index (χ4n) is 2.18. The number of pyridine rings is 1. The second-order valence-electron chi connectivity index (χ2n) is 4.02. The van der Waals surface area contributed by atoms with Gasteiger partial charge in [0.15, 0.2) is 0 Å². The molecule has 1 aromatic heterocycles. The van der Waals surface area contributed by atoms with Crippen LogP contribution in [0.1, 0.15) is 6.42 Å². The van der Waals surface area contributed by atoms with Gasteiger partial charge < -0.3 is 4.90 Å². The first-order valence-electron chi connectivity index (χ1n) is 4.68. The Hall–Kier alpha value is -0.760. The zero-order valence-corrected chi connectivity index (χ0v) is 8.04. The van der Waals surface area contributed by atoms with Crippen LogP contribution in [0.2, 0.25) is 5.02 Å². The van der Waals surface area contributed by atoms with Gasteiger partial charge in [-0.15, -0.1) is 0 Å². The van der Waals surface area contributed by atoms with Crippen LogP contribution in [0.25, 0.3) is 0 Å². The van der Waals surface area contributed by atoms with Gasteiger partial charge in [0.2, 0.25) is 0 Å². The summed E-state index contributed by atoms with van der Waals surface area (Å²) in [4.78, 5) is 6.48. The second kappa shape index (κ2) is 2.61. The summed E-state index contributed by atoms with van der Waals surface area (Å²) in [6, 6.07) is 2.00. The van der Waals surface area contributed by atoms with E-state index in [0.717, 1.165) is 16.9 Å². The number of halogens is 1. The minimum absolute atomic E-state index is 0.734. The molecule has 1 aliphatic heterocycles. The molecule has 2 aliphatic rings. The van der Waals surface area contributed by atoms with E-state index in [2.05, 4.69) is 9.88 Å². The van der Waals surface area contributed by atoms with Crippen molar-refractivity contribution >= 4 is 17.3 Å². The molecule has 2 heterocycles. The minimum atomic E-state index is 0.734. The van der Waals surface area contributed by atoms with Crippen LogP contribution in [0.15, 0.2) is 18.5 Å². The van der Waals surface area contributed by atoms with Gasteiger partial charge in [0.05, 0.1) is 16.9 Å². The van der Waals surface area contributed by atoms with E-state index >= 15 is 0 Å². The standard InChI is InChI=1S/C10H11ClN2/c11-9-2-10(4-12-3-9)13-5-7-1-8(7)6-13/h2-4,7-8H,1,5-6H2/t7-,8+. The quantitative estimate of drug-likeness (QED) is 0.682. The summed E-state index contributed by atoms with van der Waals surface area (Å²) in [5.74, 6) is 1.91. The Kier molecular flexibility index (Phi) is 1.53. The highest BCUT2D eigenvalue weighted by molar-refractivity contribution is 6.30. The first-order valence-corrected chi connectivity index (χ1v) is 5.06. The highest BCUT2D eigenvalue weighted by Gasteiger charge is 2.45. The van der Waals surface area contributed by atoms with Gasteiger partial charge in [-0.05, 0) is 24.3 Å². The van der Waals surface area contributed by atoms with E-state index in [4.69, 9.17) is 11.6 Å². The molecule has 3 heteroatoms. The van der Waals surface area contributed by atoms with Gasteiger partial charge in [-0.3, -0.25) is 4.98 Å². The Morgan fingerprint density at radius 3 is 2.77 bits per heavy atom. The maximum Gasteiger partial charge on any atom is 0.0609 e. The van der Waals surface area contributed by atoms with E-state index in [9.17, 15) is 0 Å². The van der Waals surface area contributed by atoms with Crippen LogP contribution < -0.4 is 4.90 Å². The van der Waals surface area contributed by atoms with Crippen LogP contribution in [0, 0.1) is 11.8 Å². The summed E-state index contributed by atoms with van der Waals surface area (Å²) < 4.78 is 0. The highest BCUT2D eigenvalue weighted by Crippen LogP contribution is 2.46. The van der Waals surface area contributed by atoms with Crippen molar-refractivity contribution in [2.45, 2.75) is 6.42 Å². The van der Waals surface area contributed by atoms with Gasteiger partial charge >= 0.3 is 0 Å². The zero-order valence-electron chi connectivity index (χ0n) is 7.28. The molecular formula is C10H11ClN2. The molecule has 0 bridgehead atoms. The number of piperidine rings is 1. The molecule has 0 N–H and O–H groups in total. The normalized spacial score (nSPS) is 30.4. The fraction of sp³-hybridized carbons (Fsp3) is 0.500. The lowest BCUT2D eigenvalue weighted by Crippen LogP contribution is -2.21. The molecule has 0 amide bonds. The molecule has 13 heavy (non-hydrogen) atoms. The Balaban J connectivity index is 1.84. The summed E-state index contributed by atoms with van der Waals surface area (Å²) in [7, 11) is 0. The molecule has 0 unspecified atom stereocenters. The maximum atomic E-state index is 5.88. The third kappa shape index (κ3) is 1.29. The van der Waals surface area contributed by atoms with Crippen molar-refractivity contribution in [1.82, 2.24) is 4.98 Å². The van der Waals surface area contributed by atoms with Crippen LogP contribution >= 0.6 is 11.6 Å². The van der Waals surface area contributed by atoms with E-state index in [-0.39, 0.29) is 0 Å². The topological polar surface area (TPSA) is 16.1 Å². The number of rotatable bonds is 1. The van der Waals surface area contributed by atoms with Crippen molar-refractivity contribution in [1.29, 1.82) is 0 Å². The van der Waals surface area contributed by atoms with Gasteiger partial charge in [-0.25, -0.2) is 0 Å². The van der Waals surface area contributed by atoms with Gasteiger partial charge in [0, 0.05) is 19.3 Å². The third-order valence-electron chi connectivity index (χ3n) is 3.03. The molecule has 2 atom stereocenters. The molecule has 2 fully saturated rings. The number of aromatic nitrogens is 1. The smallest absolute Gasteiger partial charge is 0.0609 e. The van der Waals surface area contributed by atoms with Crippen LogP contribution in [0.3, 0.4) is 0 Å². The Bertz CT molecular complexity index is 329. The lowest BCUT2D eigenvalue weighted by molar-refractivity contribution is 0.817. The van der Waals surface area contributed by atoms with Crippen LogP contribution in [-0.2, 0) is 0 Å². The van der Waals surface area contributed by atoms with Crippen molar-refractivity contribution in [3.63, 3.8) is 0 Å². The molecule has 1 aliphatic carbocycles. The lowest BCUT2D eigenvalue weighted by atomic mass is 10.3. The zero-order chi connectivity index (χ0) is 8.84. The Morgan fingerprint density at radius 2 is 2.08 bits per heavy atom. The number of hydrogen-bond donors (Lipinski definition) is 0. The Labute approximate surface area is 82.5 Å². The molecule has 3 rings (SSSR count).